The molecule has 2 aromatic carbocycles. The van der Waals surface area contributed by atoms with E-state index < -0.39 is 18.0 Å². The van der Waals surface area contributed by atoms with Gasteiger partial charge < -0.3 is 24.3 Å². The average molecular weight is 387 g/mol. The minimum Gasteiger partial charge on any atom is -0.497 e. The highest BCUT2D eigenvalue weighted by Crippen LogP contribution is 2.26. The SMILES string of the molecule is COc1ccc(CC(=O)O[C@@H](C)C(=O)Nc2cc(C)ccc2OC)c(OC)c1. The summed E-state index contributed by atoms with van der Waals surface area (Å²) in [6, 6.07) is 10.6. The quantitative estimate of drug-likeness (QED) is 0.701. The Bertz CT molecular complexity index is 849. The van der Waals surface area contributed by atoms with Gasteiger partial charge in [-0.15, -0.1) is 0 Å². The monoisotopic (exact) mass is 387 g/mol. The van der Waals surface area contributed by atoms with E-state index in [-0.39, 0.29) is 6.42 Å². The molecule has 28 heavy (non-hydrogen) atoms. The lowest BCUT2D eigenvalue weighted by Crippen LogP contribution is -2.30. The number of ether oxygens (including phenoxy) is 4. The molecule has 0 unspecified atom stereocenters. The maximum atomic E-state index is 12.4. The van der Waals surface area contributed by atoms with Crippen LogP contribution >= 0.6 is 0 Å². The molecule has 1 atom stereocenters. The normalized spacial score (nSPS) is 11.3. The largest absolute Gasteiger partial charge is 0.497 e. The van der Waals surface area contributed by atoms with Crippen molar-refractivity contribution in [1.82, 2.24) is 0 Å². The standard InChI is InChI=1S/C21H25NO6/c1-13-6-9-18(26-4)17(10-13)22-21(24)14(2)28-20(23)11-15-7-8-16(25-3)12-19(15)27-5/h6-10,12,14H,11H2,1-5H3,(H,22,24)/t14-/m0/s1. The van der Waals surface area contributed by atoms with Gasteiger partial charge in [0.2, 0.25) is 0 Å². The van der Waals surface area contributed by atoms with Crippen molar-refractivity contribution in [1.29, 1.82) is 0 Å². The molecule has 0 bridgehead atoms. The number of carbonyl (C=O) groups excluding carboxylic acids is 2. The molecule has 0 aromatic heterocycles. The van der Waals surface area contributed by atoms with Crippen LogP contribution in [0.15, 0.2) is 36.4 Å². The molecule has 0 heterocycles. The first kappa shape index (κ1) is 21.1. The van der Waals surface area contributed by atoms with E-state index in [0.717, 1.165) is 5.56 Å². The van der Waals surface area contributed by atoms with Crippen molar-refractivity contribution in [2.75, 3.05) is 26.6 Å². The van der Waals surface area contributed by atoms with Crippen LogP contribution in [0, 0.1) is 6.92 Å². The molecule has 0 saturated carbocycles. The van der Waals surface area contributed by atoms with Gasteiger partial charge in [0.15, 0.2) is 6.10 Å². The van der Waals surface area contributed by atoms with Crippen molar-refractivity contribution >= 4 is 17.6 Å². The Morgan fingerprint density at radius 3 is 2.32 bits per heavy atom. The molecule has 150 valence electrons. The van der Waals surface area contributed by atoms with Crippen LogP contribution in [0.5, 0.6) is 17.2 Å². The molecule has 0 fully saturated rings. The number of amides is 1. The number of methoxy groups -OCH3 is 3. The summed E-state index contributed by atoms with van der Waals surface area (Å²) in [7, 11) is 4.58. The summed E-state index contributed by atoms with van der Waals surface area (Å²) in [4.78, 5) is 24.7. The van der Waals surface area contributed by atoms with E-state index in [1.807, 2.05) is 13.0 Å². The predicted octanol–water partition coefficient (Wildman–Crippen LogP) is 3.13. The number of hydrogen-bond acceptors (Lipinski definition) is 6. The Kier molecular flexibility index (Phi) is 7.26. The highest BCUT2D eigenvalue weighted by molar-refractivity contribution is 5.96. The topological polar surface area (TPSA) is 83.1 Å². The number of carbonyl (C=O) groups is 2. The lowest BCUT2D eigenvalue weighted by molar-refractivity contribution is -0.152. The Morgan fingerprint density at radius 1 is 0.964 bits per heavy atom. The van der Waals surface area contributed by atoms with E-state index in [0.29, 0.717) is 28.5 Å². The smallest absolute Gasteiger partial charge is 0.311 e. The third-order valence-electron chi connectivity index (χ3n) is 4.12. The minimum atomic E-state index is -0.970. The van der Waals surface area contributed by atoms with E-state index in [2.05, 4.69) is 5.32 Å². The van der Waals surface area contributed by atoms with Crippen molar-refractivity contribution < 1.29 is 28.5 Å². The summed E-state index contributed by atoms with van der Waals surface area (Å²) in [6.45, 7) is 3.42. The first-order chi connectivity index (χ1) is 13.4. The number of aryl methyl sites for hydroxylation is 1. The number of rotatable bonds is 8. The van der Waals surface area contributed by atoms with Gasteiger partial charge in [0.05, 0.1) is 33.4 Å². The summed E-state index contributed by atoms with van der Waals surface area (Å²) < 4.78 is 20.9. The summed E-state index contributed by atoms with van der Waals surface area (Å²) in [5.74, 6) is 0.674. The third kappa shape index (κ3) is 5.39. The number of esters is 1. The van der Waals surface area contributed by atoms with Crippen LogP contribution in [0.25, 0.3) is 0 Å². The fourth-order valence-electron chi connectivity index (χ4n) is 2.60. The Morgan fingerprint density at radius 2 is 1.68 bits per heavy atom. The van der Waals surface area contributed by atoms with E-state index in [4.69, 9.17) is 18.9 Å². The molecular weight excluding hydrogens is 362 g/mol. The van der Waals surface area contributed by atoms with Crippen LogP contribution in [0.4, 0.5) is 5.69 Å². The van der Waals surface area contributed by atoms with E-state index in [1.54, 1.807) is 37.4 Å². The molecule has 1 amide bonds. The molecule has 7 nitrogen and oxygen atoms in total. The van der Waals surface area contributed by atoms with E-state index >= 15 is 0 Å². The van der Waals surface area contributed by atoms with E-state index in [1.165, 1.54) is 21.1 Å². The number of hydrogen-bond donors (Lipinski definition) is 1. The second kappa shape index (κ2) is 9.64. The fourth-order valence-corrected chi connectivity index (χ4v) is 2.60. The maximum Gasteiger partial charge on any atom is 0.311 e. The second-order valence-corrected chi connectivity index (χ2v) is 6.18. The lowest BCUT2D eigenvalue weighted by Gasteiger charge is -2.16. The number of nitrogens with one attached hydrogen (secondary N) is 1. The van der Waals surface area contributed by atoms with Crippen molar-refractivity contribution in [3.63, 3.8) is 0 Å². The zero-order valence-corrected chi connectivity index (χ0v) is 16.7. The zero-order valence-electron chi connectivity index (χ0n) is 16.7. The van der Waals surface area contributed by atoms with E-state index in [9.17, 15) is 9.59 Å². The van der Waals surface area contributed by atoms with Crippen molar-refractivity contribution in [3.05, 3.63) is 47.5 Å². The summed E-state index contributed by atoms with van der Waals surface area (Å²) in [5.41, 5.74) is 2.13. The van der Waals surface area contributed by atoms with Gasteiger partial charge >= 0.3 is 5.97 Å². The summed E-state index contributed by atoms with van der Waals surface area (Å²) in [5, 5.41) is 2.73. The number of anilines is 1. The Labute approximate surface area is 164 Å². The van der Waals surface area contributed by atoms with Crippen LogP contribution in [0.2, 0.25) is 0 Å². The molecule has 0 saturated heterocycles. The predicted molar refractivity (Wildman–Crippen MR) is 105 cm³/mol. The molecule has 2 rings (SSSR count). The second-order valence-electron chi connectivity index (χ2n) is 6.18. The zero-order chi connectivity index (χ0) is 20.7. The van der Waals surface area contributed by atoms with Crippen molar-refractivity contribution in [2.24, 2.45) is 0 Å². The van der Waals surface area contributed by atoms with Gasteiger partial charge in [-0.25, -0.2) is 0 Å². The molecule has 2 aromatic rings. The van der Waals surface area contributed by atoms with Gasteiger partial charge in [-0.3, -0.25) is 9.59 Å². The van der Waals surface area contributed by atoms with Crippen LogP contribution < -0.4 is 19.5 Å². The number of benzene rings is 2. The fraction of sp³-hybridized carbons (Fsp3) is 0.333. The minimum absolute atomic E-state index is 0.0292. The third-order valence-corrected chi connectivity index (χ3v) is 4.12. The summed E-state index contributed by atoms with van der Waals surface area (Å²) >= 11 is 0. The van der Waals surface area contributed by atoms with Gasteiger partial charge in [0.1, 0.15) is 17.2 Å². The molecular formula is C21H25NO6. The Hall–Kier alpha value is -3.22. The highest BCUT2D eigenvalue weighted by atomic mass is 16.5. The van der Waals surface area contributed by atoms with Gasteiger partial charge in [-0.1, -0.05) is 12.1 Å². The van der Waals surface area contributed by atoms with Crippen LogP contribution in [-0.2, 0) is 20.7 Å². The molecule has 0 radical (unpaired) electrons. The van der Waals surface area contributed by atoms with Crippen LogP contribution in [0.3, 0.4) is 0 Å². The molecule has 0 aliphatic heterocycles. The first-order valence-electron chi connectivity index (χ1n) is 8.73. The summed E-state index contributed by atoms with van der Waals surface area (Å²) in [6.07, 6.45) is -1.000. The van der Waals surface area contributed by atoms with Crippen LogP contribution in [-0.4, -0.2) is 39.3 Å². The van der Waals surface area contributed by atoms with Gasteiger partial charge in [-0.05, 0) is 37.6 Å². The van der Waals surface area contributed by atoms with Gasteiger partial charge in [0, 0.05) is 11.6 Å². The van der Waals surface area contributed by atoms with Gasteiger partial charge in [-0.2, -0.15) is 0 Å². The van der Waals surface area contributed by atoms with Crippen LogP contribution in [0.1, 0.15) is 18.1 Å². The lowest BCUT2D eigenvalue weighted by atomic mass is 10.1. The van der Waals surface area contributed by atoms with Crippen molar-refractivity contribution in [2.45, 2.75) is 26.4 Å². The van der Waals surface area contributed by atoms with Gasteiger partial charge in [0.25, 0.3) is 5.91 Å². The molecule has 0 spiro atoms. The molecule has 7 heteroatoms. The molecule has 0 aliphatic carbocycles. The maximum absolute atomic E-state index is 12.4. The molecule has 0 aliphatic rings. The Balaban J connectivity index is 2.00. The highest BCUT2D eigenvalue weighted by Gasteiger charge is 2.20. The first-order valence-corrected chi connectivity index (χ1v) is 8.73. The average Bonchev–Trinajstić information content (AvgIpc) is 2.68. The van der Waals surface area contributed by atoms with Crippen molar-refractivity contribution in [3.8, 4) is 17.2 Å². The molecule has 1 N–H and O–H groups in total.